The number of fused-ring (bicyclic) bond motifs is 3. The number of anilines is 2. The first kappa shape index (κ1) is 26.9. The number of hydrogen-bond acceptors (Lipinski definition) is 7. The number of aliphatic hydroxyl groups is 2. The van der Waals surface area contributed by atoms with E-state index in [0.717, 1.165) is 5.69 Å². The fraction of sp³-hybridized carbons (Fsp3) is 0.455. The molecule has 5 N–H and O–H groups in total. The van der Waals surface area contributed by atoms with Gasteiger partial charge < -0.3 is 26.0 Å². The SMILES string of the molecule is CC1=CC2(N)C(=O)C3(C=C(C)C(OC(=O)c4ccccc4Nc4ccccc4)C3(O)C1O)[C@H](C)C[C@@H]1[C@H]2C1(C)C. The maximum absolute atomic E-state index is 14.7. The summed E-state index contributed by atoms with van der Waals surface area (Å²) in [6.45, 7) is 9.64. The van der Waals surface area contributed by atoms with E-state index in [4.69, 9.17) is 10.5 Å². The van der Waals surface area contributed by atoms with Crippen LogP contribution in [0.25, 0.3) is 0 Å². The summed E-state index contributed by atoms with van der Waals surface area (Å²) in [5, 5.41) is 27.7. The van der Waals surface area contributed by atoms with Crippen molar-refractivity contribution in [2.45, 2.75) is 64.4 Å². The monoisotopic (exact) mass is 542 g/mol. The average molecular weight is 543 g/mol. The van der Waals surface area contributed by atoms with Gasteiger partial charge in [-0.15, -0.1) is 0 Å². The molecule has 2 aromatic rings. The molecule has 2 aromatic carbocycles. The Morgan fingerprint density at radius 1 is 1.02 bits per heavy atom. The van der Waals surface area contributed by atoms with Gasteiger partial charge >= 0.3 is 5.97 Å². The van der Waals surface area contributed by atoms with Crippen LogP contribution < -0.4 is 11.1 Å². The molecular weight excluding hydrogens is 504 g/mol. The van der Waals surface area contributed by atoms with Gasteiger partial charge in [-0.05, 0) is 78.8 Å². The lowest BCUT2D eigenvalue weighted by Gasteiger charge is -2.49. The number of carbonyl (C=O) groups excluding carboxylic acids is 2. The smallest absolute Gasteiger partial charge is 0.340 e. The molecule has 210 valence electrons. The molecule has 8 atom stereocenters. The number of ketones is 1. The van der Waals surface area contributed by atoms with Crippen molar-refractivity contribution in [1.82, 2.24) is 0 Å². The highest BCUT2D eigenvalue weighted by molar-refractivity contribution is 6.02. The lowest BCUT2D eigenvalue weighted by atomic mass is 9.58. The van der Waals surface area contributed by atoms with Crippen LogP contribution in [0.4, 0.5) is 11.4 Å². The highest BCUT2D eigenvalue weighted by Gasteiger charge is 2.79. The van der Waals surface area contributed by atoms with Gasteiger partial charge in [0.05, 0.1) is 22.2 Å². The molecule has 0 aliphatic heterocycles. The van der Waals surface area contributed by atoms with E-state index in [-0.39, 0.29) is 34.5 Å². The molecule has 4 aliphatic carbocycles. The van der Waals surface area contributed by atoms with E-state index in [1.54, 1.807) is 44.2 Å². The van der Waals surface area contributed by atoms with Crippen LogP contribution in [0.2, 0.25) is 0 Å². The largest absolute Gasteiger partial charge is 0.451 e. The number of esters is 1. The molecule has 0 heterocycles. The van der Waals surface area contributed by atoms with Crippen molar-refractivity contribution >= 4 is 23.1 Å². The van der Waals surface area contributed by atoms with Gasteiger partial charge in [0, 0.05) is 5.69 Å². The molecular formula is C33H38N2O5. The third kappa shape index (κ3) is 3.34. The van der Waals surface area contributed by atoms with Crippen LogP contribution in [0.15, 0.2) is 77.9 Å². The van der Waals surface area contributed by atoms with Crippen molar-refractivity contribution in [3.63, 3.8) is 0 Å². The summed E-state index contributed by atoms with van der Waals surface area (Å²) < 4.78 is 6.09. The van der Waals surface area contributed by atoms with Gasteiger partial charge in [0.1, 0.15) is 6.10 Å². The van der Waals surface area contributed by atoms with Crippen LogP contribution in [0.5, 0.6) is 0 Å². The quantitative estimate of drug-likeness (QED) is 0.331. The molecule has 2 bridgehead atoms. The summed E-state index contributed by atoms with van der Waals surface area (Å²) in [6.07, 6.45) is 1.36. The number of nitrogens with one attached hydrogen (secondary N) is 1. The van der Waals surface area contributed by atoms with Gasteiger partial charge in [0.25, 0.3) is 0 Å². The number of para-hydroxylation sites is 2. The third-order valence-electron chi connectivity index (χ3n) is 10.4. The topological polar surface area (TPSA) is 122 Å². The summed E-state index contributed by atoms with van der Waals surface area (Å²) in [5.41, 5.74) is 4.44. The van der Waals surface area contributed by atoms with Crippen LogP contribution in [-0.4, -0.2) is 45.3 Å². The minimum absolute atomic E-state index is 0.106. The number of rotatable bonds is 4. The lowest BCUT2D eigenvalue weighted by Crippen LogP contribution is -2.68. The first-order chi connectivity index (χ1) is 18.8. The molecule has 2 fully saturated rings. The predicted octanol–water partition coefficient (Wildman–Crippen LogP) is 4.53. The molecule has 7 heteroatoms. The lowest BCUT2D eigenvalue weighted by molar-refractivity contribution is -0.190. The van der Waals surface area contributed by atoms with E-state index in [1.165, 1.54) is 0 Å². The summed E-state index contributed by atoms with van der Waals surface area (Å²) >= 11 is 0. The van der Waals surface area contributed by atoms with E-state index >= 15 is 0 Å². The molecule has 7 nitrogen and oxygen atoms in total. The van der Waals surface area contributed by atoms with Gasteiger partial charge in [0.15, 0.2) is 17.5 Å². The summed E-state index contributed by atoms with van der Waals surface area (Å²) in [5.74, 6) is -1.23. The van der Waals surface area contributed by atoms with E-state index in [2.05, 4.69) is 19.2 Å². The second kappa shape index (κ2) is 8.62. The van der Waals surface area contributed by atoms with Crippen LogP contribution in [0.1, 0.15) is 51.4 Å². The first-order valence-corrected chi connectivity index (χ1v) is 14.0. The summed E-state index contributed by atoms with van der Waals surface area (Å²) in [7, 11) is 0. The van der Waals surface area contributed by atoms with Crippen molar-refractivity contribution in [1.29, 1.82) is 0 Å². The van der Waals surface area contributed by atoms with Crippen LogP contribution in [0, 0.1) is 28.6 Å². The van der Waals surface area contributed by atoms with Gasteiger partial charge in [-0.3, -0.25) is 4.79 Å². The number of Topliss-reactive ketones (excluding diaryl/α,β-unsaturated/α-hetero) is 1. The van der Waals surface area contributed by atoms with Gasteiger partial charge in [-0.25, -0.2) is 4.79 Å². The van der Waals surface area contributed by atoms with Gasteiger partial charge in [-0.1, -0.05) is 63.3 Å². The van der Waals surface area contributed by atoms with E-state index in [0.29, 0.717) is 23.3 Å². The number of benzene rings is 2. The van der Waals surface area contributed by atoms with Crippen LogP contribution >= 0.6 is 0 Å². The second-order valence-electron chi connectivity index (χ2n) is 13.0. The van der Waals surface area contributed by atoms with E-state index in [9.17, 15) is 19.8 Å². The van der Waals surface area contributed by atoms with Crippen molar-refractivity contribution in [3.8, 4) is 0 Å². The molecule has 6 rings (SSSR count). The van der Waals surface area contributed by atoms with E-state index < -0.39 is 34.7 Å². The molecule has 0 radical (unpaired) electrons. The fourth-order valence-electron chi connectivity index (χ4n) is 8.45. The minimum Gasteiger partial charge on any atom is -0.451 e. The number of aliphatic hydroxyl groups excluding tert-OH is 1. The Hall–Kier alpha value is -3.26. The fourth-order valence-corrected chi connectivity index (χ4v) is 8.45. The Balaban J connectivity index is 1.41. The molecule has 0 saturated heterocycles. The Morgan fingerprint density at radius 3 is 2.38 bits per heavy atom. The number of hydrogen-bond donors (Lipinski definition) is 4. The Labute approximate surface area is 235 Å². The molecule has 40 heavy (non-hydrogen) atoms. The molecule has 4 aliphatic rings. The normalized spacial score (nSPS) is 39.1. The molecule has 2 saturated carbocycles. The first-order valence-electron chi connectivity index (χ1n) is 14.0. The zero-order valence-corrected chi connectivity index (χ0v) is 23.6. The van der Waals surface area contributed by atoms with Crippen molar-refractivity contribution in [2.24, 2.45) is 34.3 Å². The molecule has 0 aromatic heterocycles. The Kier molecular flexibility index (Phi) is 5.80. The predicted molar refractivity (Wildman–Crippen MR) is 153 cm³/mol. The van der Waals surface area contributed by atoms with Gasteiger partial charge in [0.2, 0.25) is 0 Å². The third-order valence-corrected chi connectivity index (χ3v) is 10.4. The summed E-state index contributed by atoms with van der Waals surface area (Å²) in [4.78, 5) is 28.4. The van der Waals surface area contributed by atoms with Crippen LogP contribution in [0.3, 0.4) is 0 Å². The maximum Gasteiger partial charge on any atom is 0.340 e. The van der Waals surface area contributed by atoms with E-state index in [1.807, 2.05) is 43.3 Å². The minimum atomic E-state index is -2.12. The van der Waals surface area contributed by atoms with Gasteiger partial charge in [-0.2, -0.15) is 0 Å². The Morgan fingerprint density at radius 2 is 1.68 bits per heavy atom. The number of nitrogens with two attached hydrogens (primary N) is 1. The zero-order valence-electron chi connectivity index (χ0n) is 23.6. The zero-order chi connectivity index (χ0) is 28.8. The summed E-state index contributed by atoms with van der Waals surface area (Å²) in [6, 6.07) is 16.4. The number of ether oxygens (including phenoxy) is 1. The van der Waals surface area contributed by atoms with Crippen molar-refractivity contribution in [2.75, 3.05) is 5.32 Å². The second-order valence-corrected chi connectivity index (χ2v) is 13.0. The molecule has 1 spiro atoms. The van der Waals surface area contributed by atoms with Crippen LogP contribution in [-0.2, 0) is 9.53 Å². The maximum atomic E-state index is 14.7. The number of carbonyl (C=O) groups is 2. The standard InChI is InChI=1S/C33H38N2O5/c1-18-17-32(34)25-23(30(25,4)5)15-20(3)31(29(32)38)16-19(2)27(33(31,39)26(18)36)40-28(37)22-13-9-10-14-24(22)35-21-11-7-6-8-12-21/h6-14,16-17,20,23,25-27,35-36,39H,15,34H2,1-5H3/t20-,23-,25+,26?,27?,31?,32?,33?/m1/s1. The molecule has 5 unspecified atom stereocenters. The Bertz CT molecular complexity index is 1460. The van der Waals surface area contributed by atoms with Crippen molar-refractivity contribution < 1.29 is 24.5 Å². The molecule has 0 amide bonds. The average Bonchev–Trinajstić information content (AvgIpc) is 3.42. The van der Waals surface area contributed by atoms with Crippen molar-refractivity contribution in [3.05, 3.63) is 83.5 Å². The highest BCUT2D eigenvalue weighted by atomic mass is 16.6. The highest BCUT2D eigenvalue weighted by Crippen LogP contribution is 2.72.